The Balaban J connectivity index is 1.86. The highest BCUT2D eigenvalue weighted by atomic mass is 35.5. The van der Waals surface area contributed by atoms with Crippen LogP contribution in [0.4, 0.5) is 5.69 Å². The highest BCUT2D eigenvalue weighted by molar-refractivity contribution is 6.31. The molecule has 0 saturated heterocycles. The molecule has 3 rings (SSSR count). The molecule has 122 valence electrons. The second-order valence-corrected chi connectivity index (χ2v) is 5.91. The molecule has 0 aliphatic heterocycles. The molecule has 0 aliphatic rings. The maximum absolute atomic E-state index is 12.4. The van der Waals surface area contributed by atoms with Crippen molar-refractivity contribution in [2.24, 2.45) is 0 Å². The molecule has 6 heteroatoms. The van der Waals surface area contributed by atoms with Crippen molar-refractivity contribution in [3.63, 3.8) is 0 Å². The molecule has 0 bridgehead atoms. The van der Waals surface area contributed by atoms with Gasteiger partial charge in [-0.2, -0.15) is 5.10 Å². The van der Waals surface area contributed by atoms with Crippen LogP contribution in [0, 0.1) is 13.8 Å². The molecule has 3 aromatic rings. The number of aromatic amines is 1. The van der Waals surface area contributed by atoms with Gasteiger partial charge in [0.1, 0.15) is 11.4 Å². The Morgan fingerprint density at radius 2 is 1.96 bits per heavy atom. The third-order valence-corrected chi connectivity index (χ3v) is 4.26. The van der Waals surface area contributed by atoms with Crippen LogP contribution in [0.15, 0.2) is 42.5 Å². The zero-order valence-electron chi connectivity index (χ0n) is 13.2. The monoisotopic (exact) mass is 341 g/mol. The van der Waals surface area contributed by atoms with Gasteiger partial charge in [0.05, 0.1) is 5.69 Å². The van der Waals surface area contributed by atoms with E-state index in [9.17, 15) is 9.90 Å². The van der Waals surface area contributed by atoms with Gasteiger partial charge in [-0.05, 0) is 49.2 Å². The van der Waals surface area contributed by atoms with Crippen molar-refractivity contribution < 1.29 is 9.90 Å². The van der Waals surface area contributed by atoms with E-state index in [0.717, 1.165) is 11.1 Å². The van der Waals surface area contributed by atoms with E-state index in [1.165, 1.54) is 0 Å². The molecule has 0 spiro atoms. The van der Waals surface area contributed by atoms with Gasteiger partial charge in [-0.3, -0.25) is 9.89 Å². The minimum atomic E-state index is -0.328. The average Bonchev–Trinajstić information content (AvgIpc) is 3.04. The summed E-state index contributed by atoms with van der Waals surface area (Å²) >= 11 is 6.06. The average molecular weight is 342 g/mol. The van der Waals surface area contributed by atoms with Crippen molar-refractivity contribution in [1.29, 1.82) is 0 Å². The van der Waals surface area contributed by atoms with Crippen LogP contribution in [0.5, 0.6) is 5.75 Å². The summed E-state index contributed by atoms with van der Waals surface area (Å²) in [4.78, 5) is 12.4. The number of carbonyl (C=O) groups excluding carboxylic acids is 1. The van der Waals surface area contributed by atoms with Gasteiger partial charge in [0.25, 0.3) is 5.91 Å². The SMILES string of the molecule is Cc1cccc(-c2cc(C(=O)Nc3cccc(Cl)c3C)[nH]n2)c1O. The number of aryl methyl sites for hydroxylation is 1. The lowest BCUT2D eigenvalue weighted by Gasteiger charge is -2.08. The first kappa shape index (κ1) is 16.1. The Morgan fingerprint density at radius 1 is 1.21 bits per heavy atom. The van der Waals surface area contributed by atoms with Crippen molar-refractivity contribution in [1.82, 2.24) is 10.2 Å². The number of hydrogen-bond donors (Lipinski definition) is 3. The van der Waals surface area contributed by atoms with Crippen molar-refractivity contribution in [2.75, 3.05) is 5.32 Å². The van der Waals surface area contributed by atoms with E-state index in [2.05, 4.69) is 15.5 Å². The lowest BCUT2D eigenvalue weighted by molar-refractivity contribution is 0.102. The maximum Gasteiger partial charge on any atom is 0.273 e. The Hall–Kier alpha value is -2.79. The van der Waals surface area contributed by atoms with Crippen LogP contribution in [0.3, 0.4) is 0 Å². The number of H-pyrrole nitrogens is 1. The van der Waals surface area contributed by atoms with E-state index in [1.807, 2.05) is 13.0 Å². The highest BCUT2D eigenvalue weighted by Crippen LogP contribution is 2.31. The van der Waals surface area contributed by atoms with E-state index < -0.39 is 0 Å². The number of nitrogens with zero attached hydrogens (tertiary/aromatic N) is 1. The van der Waals surface area contributed by atoms with Gasteiger partial charge >= 0.3 is 0 Å². The molecule has 0 atom stereocenters. The Labute approximate surface area is 144 Å². The van der Waals surface area contributed by atoms with Crippen molar-refractivity contribution in [2.45, 2.75) is 13.8 Å². The van der Waals surface area contributed by atoms with E-state index in [1.54, 1.807) is 43.3 Å². The summed E-state index contributed by atoms with van der Waals surface area (Å²) in [7, 11) is 0. The first-order valence-electron chi connectivity index (χ1n) is 7.38. The molecule has 2 aromatic carbocycles. The van der Waals surface area contributed by atoms with Crippen LogP contribution in [0.25, 0.3) is 11.3 Å². The summed E-state index contributed by atoms with van der Waals surface area (Å²) in [6.07, 6.45) is 0. The summed E-state index contributed by atoms with van der Waals surface area (Å²) in [6, 6.07) is 12.3. The second-order valence-electron chi connectivity index (χ2n) is 5.50. The van der Waals surface area contributed by atoms with Crippen LogP contribution in [-0.4, -0.2) is 21.2 Å². The predicted molar refractivity (Wildman–Crippen MR) is 94.6 cm³/mol. The first-order chi connectivity index (χ1) is 11.5. The molecule has 1 aromatic heterocycles. The van der Waals surface area contributed by atoms with Gasteiger partial charge in [0.15, 0.2) is 0 Å². The lowest BCUT2D eigenvalue weighted by atomic mass is 10.1. The largest absolute Gasteiger partial charge is 0.507 e. The van der Waals surface area contributed by atoms with E-state index >= 15 is 0 Å². The molecular formula is C18H16ClN3O2. The molecule has 0 unspecified atom stereocenters. The van der Waals surface area contributed by atoms with Crippen LogP contribution >= 0.6 is 11.6 Å². The Kier molecular flexibility index (Phi) is 4.27. The van der Waals surface area contributed by atoms with Crippen LogP contribution in [0.1, 0.15) is 21.6 Å². The topological polar surface area (TPSA) is 78.0 Å². The maximum atomic E-state index is 12.4. The zero-order chi connectivity index (χ0) is 17.3. The predicted octanol–water partition coefficient (Wildman–Crippen LogP) is 4.30. The number of phenols is 1. The number of aromatic hydroxyl groups is 1. The minimum Gasteiger partial charge on any atom is -0.507 e. The number of phenolic OH excluding ortho intramolecular Hbond substituents is 1. The number of aromatic nitrogens is 2. The summed E-state index contributed by atoms with van der Waals surface area (Å²) in [5.74, 6) is -0.173. The standard InChI is InChI=1S/C18H16ClN3O2/c1-10-5-3-6-12(17(10)23)15-9-16(22-21-15)18(24)20-14-8-4-7-13(19)11(14)2/h3-9,23H,1-2H3,(H,20,24)(H,21,22). The molecular weight excluding hydrogens is 326 g/mol. The number of rotatable bonds is 3. The Morgan fingerprint density at radius 3 is 2.75 bits per heavy atom. The number of hydrogen-bond acceptors (Lipinski definition) is 3. The summed E-state index contributed by atoms with van der Waals surface area (Å²) in [5.41, 5.74) is 3.56. The fraction of sp³-hybridized carbons (Fsp3) is 0.111. The minimum absolute atomic E-state index is 0.154. The normalized spacial score (nSPS) is 10.6. The number of para-hydroxylation sites is 1. The molecule has 24 heavy (non-hydrogen) atoms. The third-order valence-electron chi connectivity index (χ3n) is 3.85. The lowest BCUT2D eigenvalue weighted by Crippen LogP contribution is -2.13. The Bertz CT molecular complexity index is 918. The number of anilines is 1. The quantitative estimate of drug-likeness (QED) is 0.664. The van der Waals surface area contributed by atoms with Gasteiger partial charge in [-0.25, -0.2) is 0 Å². The van der Waals surface area contributed by atoms with Crippen molar-refractivity contribution in [3.8, 4) is 17.0 Å². The molecule has 1 amide bonds. The van der Waals surface area contributed by atoms with Gasteiger partial charge in [-0.1, -0.05) is 29.8 Å². The fourth-order valence-corrected chi connectivity index (χ4v) is 2.55. The van der Waals surface area contributed by atoms with Crippen LogP contribution < -0.4 is 5.32 Å². The fourth-order valence-electron chi connectivity index (χ4n) is 2.37. The first-order valence-corrected chi connectivity index (χ1v) is 7.76. The number of halogens is 1. The molecule has 5 nitrogen and oxygen atoms in total. The summed E-state index contributed by atoms with van der Waals surface area (Å²) in [6.45, 7) is 3.64. The summed E-state index contributed by atoms with van der Waals surface area (Å²) in [5, 5.41) is 20.3. The van der Waals surface area contributed by atoms with E-state index in [4.69, 9.17) is 11.6 Å². The molecule has 0 fully saturated rings. The third kappa shape index (κ3) is 2.98. The van der Waals surface area contributed by atoms with Crippen molar-refractivity contribution in [3.05, 3.63) is 64.3 Å². The number of nitrogens with one attached hydrogen (secondary N) is 2. The van der Waals surface area contributed by atoms with Gasteiger partial charge in [0, 0.05) is 16.3 Å². The number of carbonyl (C=O) groups is 1. The molecule has 0 aliphatic carbocycles. The van der Waals surface area contributed by atoms with Gasteiger partial charge in [0.2, 0.25) is 0 Å². The van der Waals surface area contributed by atoms with Crippen LogP contribution in [0.2, 0.25) is 5.02 Å². The number of amides is 1. The zero-order valence-corrected chi connectivity index (χ0v) is 14.0. The van der Waals surface area contributed by atoms with E-state index in [0.29, 0.717) is 27.7 Å². The van der Waals surface area contributed by atoms with Crippen molar-refractivity contribution >= 4 is 23.2 Å². The molecule has 1 heterocycles. The second kappa shape index (κ2) is 6.37. The molecule has 0 radical (unpaired) electrons. The number of benzene rings is 2. The smallest absolute Gasteiger partial charge is 0.273 e. The van der Waals surface area contributed by atoms with Gasteiger partial charge < -0.3 is 10.4 Å². The summed E-state index contributed by atoms with van der Waals surface area (Å²) < 4.78 is 0. The van der Waals surface area contributed by atoms with Crippen LogP contribution in [-0.2, 0) is 0 Å². The molecule has 0 saturated carbocycles. The highest BCUT2D eigenvalue weighted by Gasteiger charge is 2.15. The van der Waals surface area contributed by atoms with Gasteiger partial charge in [-0.15, -0.1) is 0 Å². The molecule has 3 N–H and O–H groups in total. The van der Waals surface area contributed by atoms with E-state index in [-0.39, 0.29) is 11.7 Å².